The van der Waals surface area contributed by atoms with Gasteiger partial charge in [0.25, 0.3) is 0 Å². The SMILES string of the molecule is c1ccc2nc(NC3CC4CCC3O4)ccc2c1. The first-order chi connectivity index (χ1) is 8.88. The summed E-state index contributed by atoms with van der Waals surface area (Å²) >= 11 is 0. The lowest BCUT2D eigenvalue weighted by Crippen LogP contribution is -2.30. The number of nitrogens with zero attached hydrogens (tertiary/aromatic N) is 1. The highest BCUT2D eigenvalue weighted by molar-refractivity contribution is 5.80. The van der Waals surface area contributed by atoms with Gasteiger partial charge in [0.1, 0.15) is 5.82 Å². The molecule has 2 aliphatic heterocycles. The molecule has 2 saturated heterocycles. The van der Waals surface area contributed by atoms with E-state index >= 15 is 0 Å². The van der Waals surface area contributed by atoms with Crippen LogP contribution >= 0.6 is 0 Å². The summed E-state index contributed by atoms with van der Waals surface area (Å²) < 4.78 is 5.85. The minimum atomic E-state index is 0.392. The molecule has 0 aliphatic carbocycles. The molecule has 3 unspecified atom stereocenters. The lowest BCUT2D eigenvalue weighted by molar-refractivity contribution is 0.102. The highest BCUT2D eigenvalue weighted by Gasteiger charge is 2.40. The van der Waals surface area contributed by atoms with Gasteiger partial charge >= 0.3 is 0 Å². The molecule has 2 aromatic rings. The van der Waals surface area contributed by atoms with Gasteiger partial charge in [-0.15, -0.1) is 0 Å². The van der Waals surface area contributed by atoms with Gasteiger partial charge in [0.15, 0.2) is 0 Å². The second-order valence-corrected chi connectivity index (χ2v) is 5.25. The van der Waals surface area contributed by atoms with Gasteiger partial charge in [-0.25, -0.2) is 4.98 Å². The number of hydrogen-bond donors (Lipinski definition) is 1. The topological polar surface area (TPSA) is 34.2 Å². The Balaban J connectivity index is 1.59. The predicted octanol–water partition coefficient (Wildman–Crippen LogP) is 2.97. The average molecular weight is 240 g/mol. The lowest BCUT2D eigenvalue weighted by Gasteiger charge is -2.20. The Labute approximate surface area is 106 Å². The summed E-state index contributed by atoms with van der Waals surface area (Å²) in [6.45, 7) is 0. The van der Waals surface area contributed by atoms with Crippen LogP contribution in [-0.2, 0) is 4.74 Å². The molecule has 0 radical (unpaired) electrons. The Morgan fingerprint density at radius 3 is 2.89 bits per heavy atom. The second kappa shape index (κ2) is 3.95. The Morgan fingerprint density at radius 1 is 1.11 bits per heavy atom. The van der Waals surface area contributed by atoms with Gasteiger partial charge in [0.2, 0.25) is 0 Å². The van der Waals surface area contributed by atoms with E-state index in [-0.39, 0.29) is 0 Å². The highest BCUT2D eigenvalue weighted by Crippen LogP contribution is 2.35. The highest BCUT2D eigenvalue weighted by atomic mass is 16.5. The van der Waals surface area contributed by atoms with Crippen molar-refractivity contribution in [3.8, 4) is 0 Å². The van der Waals surface area contributed by atoms with E-state index in [1.807, 2.05) is 12.1 Å². The molecule has 0 saturated carbocycles. The smallest absolute Gasteiger partial charge is 0.126 e. The maximum Gasteiger partial charge on any atom is 0.126 e. The summed E-state index contributed by atoms with van der Waals surface area (Å²) in [5.41, 5.74) is 1.05. The molecule has 1 aromatic heterocycles. The first-order valence-electron chi connectivity index (χ1n) is 6.66. The average Bonchev–Trinajstić information content (AvgIpc) is 3.01. The summed E-state index contributed by atoms with van der Waals surface area (Å²) in [5, 5.41) is 4.72. The molecule has 4 rings (SSSR count). The molecule has 0 amide bonds. The van der Waals surface area contributed by atoms with Crippen LogP contribution in [0.5, 0.6) is 0 Å². The molecule has 92 valence electrons. The number of anilines is 1. The molecule has 3 atom stereocenters. The summed E-state index contributed by atoms with van der Waals surface area (Å²) in [4.78, 5) is 4.66. The Bertz CT molecular complexity index is 583. The van der Waals surface area contributed by atoms with Crippen LogP contribution in [0.15, 0.2) is 36.4 Å². The molecule has 2 aliphatic rings. The molecule has 1 N–H and O–H groups in total. The normalized spacial score (nSPS) is 29.9. The predicted molar refractivity (Wildman–Crippen MR) is 71.7 cm³/mol. The van der Waals surface area contributed by atoms with E-state index in [1.54, 1.807) is 0 Å². The van der Waals surface area contributed by atoms with Crippen molar-refractivity contribution < 1.29 is 4.74 Å². The van der Waals surface area contributed by atoms with Gasteiger partial charge in [-0.3, -0.25) is 0 Å². The van der Waals surface area contributed by atoms with Crippen molar-refractivity contribution in [2.75, 3.05) is 5.32 Å². The molecular formula is C15H16N2O. The third kappa shape index (κ3) is 1.66. The third-order valence-electron chi connectivity index (χ3n) is 4.04. The van der Waals surface area contributed by atoms with Crippen molar-refractivity contribution in [2.45, 2.75) is 37.5 Å². The first kappa shape index (κ1) is 10.3. The molecule has 2 fully saturated rings. The Kier molecular flexibility index (Phi) is 2.27. The molecule has 3 heterocycles. The van der Waals surface area contributed by atoms with Crippen molar-refractivity contribution in [2.24, 2.45) is 0 Å². The maximum absolute atomic E-state index is 5.85. The van der Waals surface area contributed by atoms with Crippen molar-refractivity contribution in [3.63, 3.8) is 0 Å². The van der Waals surface area contributed by atoms with Gasteiger partial charge < -0.3 is 10.1 Å². The second-order valence-electron chi connectivity index (χ2n) is 5.25. The fourth-order valence-corrected chi connectivity index (χ4v) is 3.13. The van der Waals surface area contributed by atoms with Crippen LogP contribution in [0.25, 0.3) is 10.9 Å². The van der Waals surface area contributed by atoms with E-state index < -0.39 is 0 Å². The maximum atomic E-state index is 5.85. The zero-order chi connectivity index (χ0) is 11.9. The minimum Gasteiger partial charge on any atom is -0.373 e. The third-order valence-corrected chi connectivity index (χ3v) is 4.04. The first-order valence-corrected chi connectivity index (χ1v) is 6.66. The zero-order valence-electron chi connectivity index (χ0n) is 10.2. The van der Waals surface area contributed by atoms with Crippen LogP contribution in [0.2, 0.25) is 0 Å². The quantitative estimate of drug-likeness (QED) is 0.876. The molecule has 3 nitrogen and oxygen atoms in total. The Hall–Kier alpha value is -1.61. The van der Waals surface area contributed by atoms with Crippen LogP contribution in [-0.4, -0.2) is 23.2 Å². The van der Waals surface area contributed by atoms with Crippen LogP contribution in [0.3, 0.4) is 0 Å². The number of hydrogen-bond acceptors (Lipinski definition) is 3. The molecule has 2 bridgehead atoms. The summed E-state index contributed by atoms with van der Waals surface area (Å²) in [6.07, 6.45) is 4.42. The van der Waals surface area contributed by atoms with E-state index in [0.717, 1.165) is 17.8 Å². The number of aromatic nitrogens is 1. The van der Waals surface area contributed by atoms with Gasteiger partial charge in [0, 0.05) is 5.39 Å². The zero-order valence-corrected chi connectivity index (χ0v) is 10.2. The number of nitrogens with one attached hydrogen (secondary N) is 1. The Morgan fingerprint density at radius 2 is 2.06 bits per heavy atom. The number of rotatable bonds is 2. The van der Waals surface area contributed by atoms with Crippen LogP contribution < -0.4 is 5.32 Å². The molecule has 18 heavy (non-hydrogen) atoms. The van der Waals surface area contributed by atoms with Gasteiger partial charge in [0.05, 0.1) is 23.8 Å². The minimum absolute atomic E-state index is 0.392. The standard InChI is InChI=1S/C15H16N2O/c1-2-4-12-10(3-1)5-8-15(16-12)17-13-9-11-6-7-14(13)18-11/h1-5,8,11,13-14H,6-7,9H2,(H,16,17). The lowest BCUT2D eigenvalue weighted by atomic mass is 9.95. The van der Waals surface area contributed by atoms with Gasteiger partial charge in [-0.2, -0.15) is 0 Å². The number of fused-ring (bicyclic) bond motifs is 3. The summed E-state index contributed by atoms with van der Waals surface area (Å²) in [7, 11) is 0. The van der Waals surface area contributed by atoms with Gasteiger partial charge in [-0.1, -0.05) is 18.2 Å². The molecular weight excluding hydrogens is 224 g/mol. The largest absolute Gasteiger partial charge is 0.373 e. The molecule has 1 aromatic carbocycles. The van der Waals surface area contributed by atoms with Crippen molar-refractivity contribution >= 4 is 16.7 Å². The van der Waals surface area contributed by atoms with Crippen LogP contribution in [0.4, 0.5) is 5.82 Å². The summed E-state index contributed by atoms with van der Waals surface area (Å²) in [5.74, 6) is 0.967. The monoisotopic (exact) mass is 240 g/mol. The van der Waals surface area contributed by atoms with E-state index in [2.05, 4.69) is 34.6 Å². The summed E-state index contributed by atoms with van der Waals surface area (Å²) in [6, 6.07) is 12.8. The van der Waals surface area contributed by atoms with E-state index in [9.17, 15) is 0 Å². The van der Waals surface area contributed by atoms with E-state index in [4.69, 9.17) is 4.74 Å². The molecule has 0 spiro atoms. The van der Waals surface area contributed by atoms with E-state index in [0.29, 0.717) is 18.2 Å². The number of pyridine rings is 1. The van der Waals surface area contributed by atoms with Crippen LogP contribution in [0.1, 0.15) is 19.3 Å². The van der Waals surface area contributed by atoms with Crippen LogP contribution in [0, 0.1) is 0 Å². The van der Waals surface area contributed by atoms with Crippen molar-refractivity contribution in [1.82, 2.24) is 4.98 Å². The number of para-hydroxylation sites is 1. The fourth-order valence-electron chi connectivity index (χ4n) is 3.13. The number of benzene rings is 1. The fraction of sp³-hybridized carbons (Fsp3) is 0.400. The number of ether oxygens (including phenoxy) is 1. The van der Waals surface area contributed by atoms with Crippen molar-refractivity contribution in [1.29, 1.82) is 0 Å². The van der Waals surface area contributed by atoms with E-state index in [1.165, 1.54) is 18.2 Å². The van der Waals surface area contributed by atoms with Gasteiger partial charge in [-0.05, 0) is 37.5 Å². The molecule has 3 heteroatoms. The van der Waals surface area contributed by atoms with Crippen molar-refractivity contribution in [3.05, 3.63) is 36.4 Å².